The maximum atomic E-state index is 13.2. The molecule has 3 rings (SSSR count). The lowest BCUT2D eigenvalue weighted by atomic mass is 10.1. The minimum atomic E-state index is -2.81. The molecule has 2 aliphatic rings. The molecule has 8 heteroatoms. The molecule has 0 aromatic heterocycles. The number of halogens is 3. The first-order chi connectivity index (χ1) is 11.9. The Kier molecular flexibility index (Phi) is 6.58. The second-order valence-corrected chi connectivity index (χ2v) is 6.80. The second kappa shape index (κ2) is 8.31. The van der Waals surface area contributed by atoms with Gasteiger partial charge < -0.3 is 9.80 Å². The number of hydrogen-bond acceptors (Lipinski definition) is 3. The van der Waals surface area contributed by atoms with E-state index in [9.17, 15) is 18.4 Å². The number of carbonyl (C=O) groups is 2. The lowest BCUT2D eigenvalue weighted by Crippen LogP contribution is -2.54. The standard InChI is InChI=1S/C18H23F2N3O2.ClH/c1-13-4-2-3-5-14(13)10-16(24)22-6-8-23(9-7-22)17(25)15-11-18(19,20)12-21-15;/h2-5,15,21H,6-12H2,1H3;1H. The predicted octanol–water partition coefficient (Wildman–Crippen LogP) is 1.63. The van der Waals surface area contributed by atoms with Crippen LogP contribution < -0.4 is 5.32 Å². The molecule has 1 aromatic rings. The average molecular weight is 388 g/mol. The monoisotopic (exact) mass is 387 g/mol. The van der Waals surface area contributed by atoms with E-state index in [1.54, 1.807) is 9.80 Å². The van der Waals surface area contributed by atoms with Gasteiger partial charge in [0.25, 0.3) is 5.92 Å². The molecule has 2 aliphatic heterocycles. The summed E-state index contributed by atoms with van der Waals surface area (Å²) in [6, 6.07) is 6.96. The zero-order valence-corrected chi connectivity index (χ0v) is 15.5. The van der Waals surface area contributed by atoms with Crippen LogP contribution in [0.4, 0.5) is 8.78 Å². The molecule has 1 N–H and O–H groups in total. The largest absolute Gasteiger partial charge is 0.339 e. The second-order valence-electron chi connectivity index (χ2n) is 6.80. The maximum absolute atomic E-state index is 13.2. The van der Waals surface area contributed by atoms with Crippen LogP contribution in [0.15, 0.2) is 24.3 Å². The molecule has 144 valence electrons. The smallest absolute Gasteiger partial charge is 0.262 e. The molecule has 2 amide bonds. The van der Waals surface area contributed by atoms with Gasteiger partial charge in [-0.25, -0.2) is 8.78 Å². The Morgan fingerprint density at radius 3 is 2.35 bits per heavy atom. The number of benzene rings is 1. The Morgan fingerprint density at radius 1 is 1.15 bits per heavy atom. The molecule has 2 saturated heterocycles. The van der Waals surface area contributed by atoms with Gasteiger partial charge in [0.05, 0.1) is 19.0 Å². The van der Waals surface area contributed by atoms with Gasteiger partial charge in [-0.3, -0.25) is 14.9 Å². The third-order valence-corrected chi connectivity index (χ3v) is 4.95. The first kappa shape index (κ1) is 20.6. The van der Waals surface area contributed by atoms with E-state index in [0.717, 1.165) is 11.1 Å². The molecule has 1 atom stereocenters. The average Bonchev–Trinajstić information content (AvgIpc) is 2.96. The van der Waals surface area contributed by atoms with Gasteiger partial charge in [0.15, 0.2) is 0 Å². The van der Waals surface area contributed by atoms with Gasteiger partial charge in [-0.05, 0) is 18.1 Å². The van der Waals surface area contributed by atoms with Crippen LogP contribution in [0, 0.1) is 6.92 Å². The van der Waals surface area contributed by atoms with Gasteiger partial charge in [-0.1, -0.05) is 24.3 Å². The number of aryl methyl sites for hydroxylation is 1. The number of hydrogen-bond donors (Lipinski definition) is 1. The van der Waals surface area contributed by atoms with Crippen molar-refractivity contribution >= 4 is 24.2 Å². The van der Waals surface area contributed by atoms with Crippen molar-refractivity contribution in [1.82, 2.24) is 15.1 Å². The summed E-state index contributed by atoms with van der Waals surface area (Å²) in [5.41, 5.74) is 2.08. The van der Waals surface area contributed by atoms with Gasteiger partial charge in [0, 0.05) is 32.6 Å². The van der Waals surface area contributed by atoms with Crippen molar-refractivity contribution in [3.8, 4) is 0 Å². The van der Waals surface area contributed by atoms with E-state index < -0.39 is 24.9 Å². The van der Waals surface area contributed by atoms with E-state index in [1.807, 2.05) is 31.2 Å². The fourth-order valence-electron chi connectivity index (χ4n) is 3.37. The first-order valence-electron chi connectivity index (χ1n) is 8.58. The Morgan fingerprint density at radius 2 is 1.77 bits per heavy atom. The summed E-state index contributed by atoms with van der Waals surface area (Å²) in [4.78, 5) is 28.1. The topological polar surface area (TPSA) is 52.7 Å². The maximum Gasteiger partial charge on any atom is 0.262 e. The highest BCUT2D eigenvalue weighted by atomic mass is 35.5. The molecule has 2 fully saturated rings. The molecule has 0 aliphatic carbocycles. The SMILES string of the molecule is Cc1ccccc1CC(=O)N1CCN(C(=O)C2CC(F)(F)CN2)CC1.Cl. The number of nitrogens with one attached hydrogen (secondary N) is 1. The number of rotatable bonds is 3. The molecule has 0 bridgehead atoms. The van der Waals surface area contributed by atoms with E-state index in [2.05, 4.69) is 5.32 Å². The van der Waals surface area contributed by atoms with E-state index in [1.165, 1.54) is 0 Å². The lowest BCUT2D eigenvalue weighted by molar-refractivity contribution is -0.140. The highest BCUT2D eigenvalue weighted by molar-refractivity contribution is 5.85. The molecule has 0 saturated carbocycles. The molecule has 0 radical (unpaired) electrons. The molecule has 1 unspecified atom stereocenters. The van der Waals surface area contributed by atoms with Gasteiger partial charge in [-0.2, -0.15) is 0 Å². The third-order valence-electron chi connectivity index (χ3n) is 4.95. The Hall–Kier alpha value is -1.73. The van der Waals surface area contributed by atoms with Crippen LogP contribution in [-0.4, -0.2) is 66.3 Å². The molecular weight excluding hydrogens is 364 g/mol. The van der Waals surface area contributed by atoms with Crippen molar-refractivity contribution in [3.63, 3.8) is 0 Å². The number of nitrogens with zero attached hydrogens (tertiary/aromatic N) is 2. The van der Waals surface area contributed by atoms with Crippen LogP contribution in [0.25, 0.3) is 0 Å². The quantitative estimate of drug-likeness (QED) is 0.857. The summed E-state index contributed by atoms with van der Waals surface area (Å²) >= 11 is 0. The molecule has 5 nitrogen and oxygen atoms in total. The fourth-order valence-corrected chi connectivity index (χ4v) is 3.37. The normalized spacial score (nSPS) is 22.0. The first-order valence-corrected chi connectivity index (χ1v) is 8.58. The van der Waals surface area contributed by atoms with Crippen LogP contribution >= 0.6 is 12.4 Å². The molecule has 0 spiro atoms. The van der Waals surface area contributed by atoms with E-state index in [4.69, 9.17) is 0 Å². The molecule has 26 heavy (non-hydrogen) atoms. The van der Waals surface area contributed by atoms with Gasteiger partial charge >= 0.3 is 0 Å². The molecule has 1 aromatic carbocycles. The van der Waals surface area contributed by atoms with Crippen molar-refractivity contribution in [2.24, 2.45) is 0 Å². The minimum absolute atomic E-state index is 0. The highest BCUT2D eigenvalue weighted by Crippen LogP contribution is 2.26. The van der Waals surface area contributed by atoms with Crippen LogP contribution in [0.1, 0.15) is 17.5 Å². The lowest BCUT2D eigenvalue weighted by Gasteiger charge is -2.36. The summed E-state index contributed by atoms with van der Waals surface area (Å²) < 4.78 is 26.5. The van der Waals surface area contributed by atoms with E-state index in [0.29, 0.717) is 32.6 Å². The van der Waals surface area contributed by atoms with Gasteiger partial charge in [0.2, 0.25) is 11.8 Å². The van der Waals surface area contributed by atoms with E-state index >= 15 is 0 Å². The van der Waals surface area contributed by atoms with Crippen molar-refractivity contribution in [2.75, 3.05) is 32.7 Å². The van der Waals surface area contributed by atoms with Crippen LogP contribution in [0.2, 0.25) is 0 Å². The minimum Gasteiger partial charge on any atom is -0.339 e. The Bertz CT molecular complexity index is 664. The number of piperazine rings is 1. The summed E-state index contributed by atoms with van der Waals surface area (Å²) in [7, 11) is 0. The molecular formula is C18H24ClF2N3O2. The number of amides is 2. The van der Waals surface area contributed by atoms with Crippen LogP contribution in [0.5, 0.6) is 0 Å². The summed E-state index contributed by atoms with van der Waals surface area (Å²) in [6.45, 7) is 3.20. The van der Waals surface area contributed by atoms with Crippen molar-refractivity contribution in [1.29, 1.82) is 0 Å². The third kappa shape index (κ3) is 4.71. The zero-order valence-electron chi connectivity index (χ0n) is 14.7. The van der Waals surface area contributed by atoms with Crippen LogP contribution in [0.3, 0.4) is 0 Å². The number of carbonyl (C=O) groups excluding carboxylic acids is 2. The Balaban J connectivity index is 0.00000243. The summed E-state index contributed by atoms with van der Waals surface area (Å²) in [5.74, 6) is -3.07. The summed E-state index contributed by atoms with van der Waals surface area (Å²) in [5, 5.41) is 2.60. The Labute approximate surface area is 158 Å². The highest BCUT2D eigenvalue weighted by Gasteiger charge is 2.43. The number of alkyl halides is 2. The van der Waals surface area contributed by atoms with Crippen molar-refractivity contribution in [3.05, 3.63) is 35.4 Å². The zero-order chi connectivity index (χ0) is 18.0. The predicted molar refractivity (Wildman–Crippen MR) is 96.6 cm³/mol. The van der Waals surface area contributed by atoms with Crippen molar-refractivity contribution in [2.45, 2.75) is 31.7 Å². The van der Waals surface area contributed by atoms with Gasteiger partial charge in [0.1, 0.15) is 0 Å². The van der Waals surface area contributed by atoms with Crippen molar-refractivity contribution < 1.29 is 18.4 Å². The fraction of sp³-hybridized carbons (Fsp3) is 0.556. The van der Waals surface area contributed by atoms with Crippen LogP contribution in [-0.2, 0) is 16.0 Å². The molecule has 2 heterocycles. The summed E-state index contributed by atoms with van der Waals surface area (Å²) in [6.07, 6.45) is -0.102. The van der Waals surface area contributed by atoms with Gasteiger partial charge in [-0.15, -0.1) is 12.4 Å². The van der Waals surface area contributed by atoms with E-state index in [-0.39, 0.29) is 24.2 Å².